The molecule has 0 aliphatic carbocycles. The number of ketones is 1. The van der Waals surface area contributed by atoms with E-state index in [1.165, 1.54) is 12.3 Å². The first-order chi connectivity index (χ1) is 11.0. The Kier molecular flexibility index (Phi) is 3.78. The molecule has 0 aliphatic rings. The summed E-state index contributed by atoms with van der Waals surface area (Å²) in [6.45, 7) is 5.09. The van der Waals surface area contributed by atoms with Crippen molar-refractivity contribution in [3.63, 3.8) is 0 Å². The molecule has 5 nitrogen and oxygen atoms in total. The third kappa shape index (κ3) is 2.65. The van der Waals surface area contributed by atoms with Crippen LogP contribution in [-0.4, -0.2) is 22.8 Å². The molecule has 0 aliphatic heterocycles. The maximum absolute atomic E-state index is 12.7. The zero-order valence-electron chi connectivity index (χ0n) is 13.2. The second-order valence-electron chi connectivity index (χ2n) is 5.47. The van der Waals surface area contributed by atoms with E-state index < -0.39 is 12.1 Å². The number of aromatic amines is 1. The number of nitrogens with one attached hydrogen (secondary N) is 1. The Labute approximate surface area is 133 Å². The van der Waals surface area contributed by atoms with Crippen molar-refractivity contribution >= 4 is 22.7 Å². The molecule has 0 spiro atoms. The minimum absolute atomic E-state index is 0.227. The van der Waals surface area contributed by atoms with Gasteiger partial charge in [-0.1, -0.05) is 18.2 Å². The van der Waals surface area contributed by atoms with Gasteiger partial charge in [-0.3, -0.25) is 4.79 Å². The van der Waals surface area contributed by atoms with Crippen LogP contribution in [0.1, 0.15) is 39.1 Å². The van der Waals surface area contributed by atoms with E-state index in [9.17, 15) is 9.59 Å². The Morgan fingerprint density at radius 1 is 1.17 bits per heavy atom. The van der Waals surface area contributed by atoms with Crippen molar-refractivity contribution in [2.24, 2.45) is 0 Å². The predicted molar refractivity (Wildman–Crippen MR) is 85.7 cm³/mol. The van der Waals surface area contributed by atoms with Crippen LogP contribution in [0.25, 0.3) is 10.9 Å². The summed E-state index contributed by atoms with van der Waals surface area (Å²) in [6.07, 6.45) is 0.539. The van der Waals surface area contributed by atoms with Gasteiger partial charge in [0.05, 0.1) is 6.26 Å². The van der Waals surface area contributed by atoms with E-state index >= 15 is 0 Å². The van der Waals surface area contributed by atoms with Gasteiger partial charge in [-0.05, 0) is 32.9 Å². The van der Waals surface area contributed by atoms with E-state index in [2.05, 4.69) is 4.98 Å². The largest absolute Gasteiger partial charge is 0.469 e. The second kappa shape index (κ2) is 5.76. The average Bonchev–Trinajstić information content (AvgIpc) is 3.08. The fourth-order valence-corrected chi connectivity index (χ4v) is 2.67. The molecule has 2 heterocycles. The number of hydrogen-bond donors (Lipinski definition) is 1. The second-order valence-corrected chi connectivity index (χ2v) is 5.47. The highest BCUT2D eigenvalue weighted by molar-refractivity contribution is 6.11. The fourth-order valence-electron chi connectivity index (χ4n) is 2.67. The SMILES string of the molecule is Cc1[nH]c2ccccc2c1C(=O)C(C)OC(=O)c1ccoc1C. The number of rotatable bonds is 4. The number of ether oxygens (including phenoxy) is 1. The van der Waals surface area contributed by atoms with E-state index in [4.69, 9.17) is 9.15 Å². The number of carbonyl (C=O) groups excluding carboxylic acids is 2. The lowest BCUT2D eigenvalue weighted by Crippen LogP contribution is -2.25. The topological polar surface area (TPSA) is 72.3 Å². The molecule has 118 valence electrons. The van der Waals surface area contributed by atoms with Crippen LogP contribution in [0.2, 0.25) is 0 Å². The van der Waals surface area contributed by atoms with Gasteiger partial charge in [0.15, 0.2) is 6.10 Å². The maximum atomic E-state index is 12.7. The van der Waals surface area contributed by atoms with Crippen LogP contribution in [0, 0.1) is 13.8 Å². The molecule has 3 aromatic rings. The quantitative estimate of drug-likeness (QED) is 0.587. The van der Waals surface area contributed by atoms with Gasteiger partial charge < -0.3 is 14.1 Å². The van der Waals surface area contributed by atoms with Crippen molar-refractivity contribution in [2.75, 3.05) is 0 Å². The molecule has 0 fully saturated rings. The van der Waals surface area contributed by atoms with Gasteiger partial charge in [-0.25, -0.2) is 4.79 Å². The first-order valence-corrected chi connectivity index (χ1v) is 7.35. The van der Waals surface area contributed by atoms with Crippen LogP contribution >= 0.6 is 0 Å². The van der Waals surface area contributed by atoms with Crippen LogP contribution in [-0.2, 0) is 4.74 Å². The molecule has 1 atom stereocenters. The Bertz CT molecular complexity index is 887. The zero-order valence-corrected chi connectivity index (χ0v) is 13.2. The van der Waals surface area contributed by atoms with Crippen LogP contribution in [0.15, 0.2) is 41.0 Å². The number of aryl methyl sites for hydroxylation is 2. The summed E-state index contributed by atoms with van der Waals surface area (Å²) in [7, 11) is 0. The van der Waals surface area contributed by atoms with E-state index in [0.29, 0.717) is 16.9 Å². The number of para-hydroxylation sites is 1. The number of benzene rings is 1. The highest BCUT2D eigenvalue weighted by Crippen LogP contribution is 2.24. The van der Waals surface area contributed by atoms with Crippen molar-refractivity contribution < 1.29 is 18.7 Å². The lowest BCUT2D eigenvalue weighted by atomic mass is 10.0. The number of fused-ring (bicyclic) bond motifs is 1. The zero-order chi connectivity index (χ0) is 16.6. The predicted octanol–water partition coefficient (Wildman–Crippen LogP) is 3.81. The lowest BCUT2D eigenvalue weighted by molar-refractivity contribution is 0.0317. The summed E-state index contributed by atoms with van der Waals surface area (Å²) in [6, 6.07) is 9.09. The molecule has 1 unspecified atom stereocenters. The number of carbonyl (C=O) groups is 2. The van der Waals surface area contributed by atoms with Crippen LogP contribution in [0.4, 0.5) is 0 Å². The normalized spacial score (nSPS) is 12.3. The van der Waals surface area contributed by atoms with Crippen molar-refractivity contribution in [1.29, 1.82) is 0 Å². The summed E-state index contributed by atoms with van der Waals surface area (Å²) in [5, 5.41) is 0.831. The summed E-state index contributed by atoms with van der Waals surface area (Å²) >= 11 is 0. The van der Waals surface area contributed by atoms with Crippen LogP contribution in [0.3, 0.4) is 0 Å². The Morgan fingerprint density at radius 3 is 2.61 bits per heavy atom. The minimum Gasteiger partial charge on any atom is -0.469 e. The van der Waals surface area contributed by atoms with Gasteiger partial charge in [-0.15, -0.1) is 0 Å². The molecule has 0 radical (unpaired) electrons. The van der Waals surface area contributed by atoms with E-state index in [1.807, 2.05) is 31.2 Å². The molecule has 0 bridgehead atoms. The number of H-pyrrole nitrogens is 1. The Hall–Kier alpha value is -2.82. The smallest absolute Gasteiger partial charge is 0.342 e. The Balaban J connectivity index is 1.86. The van der Waals surface area contributed by atoms with Gasteiger partial charge in [0.2, 0.25) is 5.78 Å². The molecule has 0 saturated carbocycles. The van der Waals surface area contributed by atoms with Gasteiger partial charge in [0.1, 0.15) is 11.3 Å². The number of aromatic nitrogens is 1. The van der Waals surface area contributed by atoms with Gasteiger partial charge >= 0.3 is 5.97 Å². The van der Waals surface area contributed by atoms with Crippen LogP contribution in [0.5, 0.6) is 0 Å². The molecule has 0 saturated heterocycles. The summed E-state index contributed by atoms with van der Waals surface area (Å²) in [5.74, 6) is -0.318. The highest BCUT2D eigenvalue weighted by atomic mass is 16.5. The van der Waals surface area contributed by atoms with E-state index in [-0.39, 0.29) is 5.78 Å². The molecule has 2 aromatic heterocycles. The standard InChI is InChI=1S/C18H17NO4/c1-10-16(14-6-4-5-7-15(14)19-10)17(20)12(3)23-18(21)13-8-9-22-11(13)2/h4-9,12,19H,1-3H3. The van der Waals surface area contributed by atoms with E-state index in [1.54, 1.807) is 13.8 Å². The molecule has 0 amide bonds. The van der Waals surface area contributed by atoms with Gasteiger partial charge in [0, 0.05) is 22.2 Å². The van der Waals surface area contributed by atoms with Crippen molar-refractivity contribution in [1.82, 2.24) is 4.98 Å². The molecular weight excluding hydrogens is 294 g/mol. The van der Waals surface area contributed by atoms with E-state index in [0.717, 1.165) is 16.6 Å². The van der Waals surface area contributed by atoms with Gasteiger partial charge in [0.25, 0.3) is 0 Å². The molecule has 3 rings (SSSR count). The number of hydrogen-bond acceptors (Lipinski definition) is 4. The molecule has 1 aromatic carbocycles. The summed E-state index contributed by atoms with van der Waals surface area (Å²) in [5.41, 5.74) is 2.54. The third-order valence-corrected chi connectivity index (χ3v) is 3.87. The van der Waals surface area contributed by atoms with Crippen molar-refractivity contribution in [3.05, 3.63) is 59.2 Å². The molecule has 5 heteroatoms. The van der Waals surface area contributed by atoms with Crippen LogP contribution < -0.4 is 0 Å². The van der Waals surface area contributed by atoms with Gasteiger partial charge in [-0.2, -0.15) is 0 Å². The maximum Gasteiger partial charge on any atom is 0.342 e. The van der Waals surface area contributed by atoms with Crippen molar-refractivity contribution in [2.45, 2.75) is 26.9 Å². The fraction of sp³-hybridized carbons (Fsp3) is 0.222. The number of furan rings is 1. The summed E-state index contributed by atoms with van der Waals surface area (Å²) < 4.78 is 10.4. The minimum atomic E-state index is -0.880. The summed E-state index contributed by atoms with van der Waals surface area (Å²) in [4.78, 5) is 28.0. The van der Waals surface area contributed by atoms with Crippen molar-refractivity contribution in [3.8, 4) is 0 Å². The number of Topliss-reactive ketones (excluding diaryl/α,β-unsaturated/α-hetero) is 1. The highest BCUT2D eigenvalue weighted by Gasteiger charge is 2.25. The monoisotopic (exact) mass is 311 g/mol. The molecule has 1 N–H and O–H groups in total. The molecular formula is C18H17NO4. The lowest BCUT2D eigenvalue weighted by Gasteiger charge is -2.12. The molecule has 23 heavy (non-hydrogen) atoms. The Morgan fingerprint density at radius 2 is 1.91 bits per heavy atom. The first kappa shape index (κ1) is 15.1. The third-order valence-electron chi connectivity index (χ3n) is 3.87. The first-order valence-electron chi connectivity index (χ1n) is 7.35. The number of esters is 1. The average molecular weight is 311 g/mol.